The minimum absolute atomic E-state index is 0.170. The van der Waals surface area contributed by atoms with Gasteiger partial charge in [0.25, 0.3) is 10.0 Å². The van der Waals surface area contributed by atoms with Gasteiger partial charge in [0.2, 0.25) is 0 Å². The largest absolute Gasteiger partial charge is 0.497 e. The van der Waals surface area contributed by atoms with Crippen LogP contribution in [-0.4, -0.2) is 29.4 Å². The van der Waals surface area contributed by atoms with Crippen molar-refractivity contribution in [1.29, 1.82) is 0 Å². The summed E-state index contributed by atoms with van der Waals surface area (Å²) in [4.78, 5) is 2.19. The summed E-state index contributed by atoms with van der Waals surface area (Å²) in [5.74, 6) is 4.27. The Kier molecular flexibility index (Phi) is 7.90. The molecule has 0 saturated carbocycles. The van der Waals surface area contributed by atoms with Gasteiger partial charge in [0, 0.05) is 11.3 Å². The van der Waals surface area contributed by atoms with E-state index >= 15 is 0 Å². The highest BCUT2D eigenvalue weighted by Gasteiger charge is 2.48. The van der Waals surface area contributed by atoms with Crippen LogP contribution in [0.1, 0.15) is 34.2 Å². The van der Waals surface area contributed by atoms with Gasteiger partial charge in [0.1, 0.15) is 19.7 Å². The molecule has 4 aromatic carbocycles. The fraction of sp³-hybridized carbons (Fsp3) is 0.206. The Labute approximate surface area is 244 Å². The van der Waals surface area contributed by atoms with E-state index in [0.29, 0.717) is 5.84 Å². The maximum Gasteiger partial charge on any atom is 0.283 e. The molecular formula is C34H34N2O3SSi. The zero-order valence-corrected chi connectivity index (χ0v) is 25.8. The number of anilines is 1. The van der Waals surface area contributed by atoms with Gasteiger partial charge >= 0.3 is 0 Å². The molecule has 0 aliphatic carbocycles. The van der Waals surface area contributed by atoms with E-state index in [1.165, 1.54) is 0 Å². The summed E-state index contributed by atoms with van der Waals surface area (Å²) in [5.41, 5.74) is 8.28. The number of aryl methyl sites for hydroxylation is 1. The number of rotatable bonds is 6. The molecule has 41 heavy (non-hydrogen) atoms. The third-order valence-electron chi connectivity index (χ3n) is 6.99. The number of benzene rings is 4. The van der Waals surface area contributed by atoms with Crippen LogP contribution in [-0.2, 0) is 10.0 Å². The molecule has 2 atom stereocenters. The Hall–Kier alpha value is -4.12. The minimum Gasteiger partial charge on any atom is -0.497 e. The second-order valence-corrected chi connectivity index (χ2v) is 17.6. The van der Waals surface area contributed by atoms with E-state index in [-0.39, 0.29) is 16.9 Å². The lowest BCUT2D eigenvalue weighted by Gasteiger charge is -2.50. The smallest absolute Gasteiger partial charge is 0.283 e. The molecule has 0 aromatic heterocycles. The molecule has 4 aromatic rings. The van der Waals surface area contributed by atoms with E-state index in [0.717, 1.165) is 33.7 Å². The summed E-state index contributed by atoms with van der Waals surface area (Å²) < 4.78 is 37.1. The Morgan fingerprint density at radius 1 is 0.805 bits per heavy atom. The molecule has 7 heteroatoms. The topological polar surface area (TPSA) is 59.0 Å². The maximum absolute atomic E-state index is 13.6. The summed E-state index contributed by atoms with van der Waals surface area (Å²) in [6.45, 7) is 8.61. The van der Waals surface area contributed by atoms with E-state index in [2.05, 4.69) is 59.8 Å². The molecule has 0 radical (unpaired) electrons. The fourth-order valence-electron chi connectivity index (χ4n) is 4.88. The molecule has 1 aliphatic heterocycles. The van der Waals surface area contributed by atoms with Gasteiger partial charge in [-0.3, -0.25) is 0 Å². The van der Waals surface area contributed by atoms with Gasteiger partial charge in [0.05, 0.1) is 24.0 Å². The first-order valence-electron chi connectivity index (χ1n) is 13.6. The molecule has 0 unspecified atom stereocenters. The Morgan fingerprint density at radius 3 is 2.02 bits per heavy atom. The van der Waals surface area contributed by atoms with E-state index in [1.807, 2.05) is 66.4 Å². The minimum atomic E-state index is -3.96. The molecule has 1 saturated heterocycles. The molecule has 5 rings (SSSR count). The molecule has 1 aliphatic rings. The van der Waals surface area contributed by atoms with Crippen LogP contribution in [0.5, 0.6) is 5.75 Å². The Balaban J connectivity index is 1.65. The highest BCUT2D eigenvalue weighted by molar-refractivity contribution is 7.90. The van der Waals surface area contributed by atoms with Crippen LogP contribution in [0, 0.1) is 18.4 Å². The molecule has 0 amide bonds. The maximum atomic E-state index is 13.6. The summed E-state index contributed by atoms with van der Waals surface area (Å²) >= 11 is 0. The lowest BCUT2D eigenvalue weighted by atomic mass is 9.77. The summed E-state index contributed by atoms with van der Waals surface area (Å²) in [6, 6.07) is 32.5. The molecule has 208 valence electrons. The van der Waals surface area contributed by atoms with E-state index < -0.39 is 18.1 Å². The van der Waals surface area contributed by atoms with Gasteiger partial charge in [-0.1, -0.05) is 85.7 Å². The van der Waals surface area contributed by atoms with Gasteiger partial charge in [-0.15, -0.1) is 9.94 Å². The van der Waals surface area contributed by atoms with Gasteiger partial charge in [-0.05, 0) is 66.6 Å². The lowest BCUT2D eigenvalue weighted by Crippen LogP contribution is -2.54. The first-order chi connectivity index (χ1) is 19.6. The van der Waals surface area contributed by atoms with Gasteiger partial charge in [-0.25, -0.2) is 0 Å². The van der Waals surface area contributed by atoms with E-state index in [1.54, 1.807) is 31.4 Å². The van der Waals surface area contributed by atoms with Crippen LogP contribution in [0.2, 0.25) is 19.6 Å². The predicted molar refractivity (Wildman–Crippen MR) is 170 cm³/mol. The van der Waals surface area contributed by atoms with Gasteiger partial charge in [-0.2, -0.15) is 8.42 Å². The standard InChI is InChI=1S/C34H34N2O3SSi/c1-25-11-21-31(22-12-25)40(37,38)35-34-32(27-9-7-6-8-10-27)33(36(34)29-17-19-30(39-2)20-18-29)28-15-13-26(14-16-28)23-24-41(3,4)5/h6-22,32-33H,1-5H3/b35-34-/t32-,33-/m1/s1. The van der Waals surface area contributed by atoms with Crippen molar-refractivity contribution in [2.75, 3.05) is 12.0 Å². The van der Waals surface area contributed by atoms with Crippen LogP contribution in [0.4, 0.5) is 5.69 Å². The molecular weight excluding hydrogens is 545 g/mol. The van der Waals surface area contributed by atoms with Crippen molar-refractivity contribution in [1.82, 2.24) is 0 Å². The number of hydrogen-bond donors (Lipinski definition) is 0. The first-order valence-corrected chi connectivity index (χ1v) is 18.5. The number of amidine groups is 1. The number of ether oxygens (including phenoxy) is 1. The zero-order valence-electron chi connectivity index (χ0n) is 24.0. The fourth-order valence-corrected chi connectivity index (χ4v) is 6.43. The van der Waals surface area contributed by atoms with Crippen molar-refractivity contribution in [2.45, 2.75) is 43.4 Å². The van der Waals surface area contributed by atoms with Crippen molar-refractivity contribution in [3.05, 3.63) is 125 Å². The summed E-state index contributed by atoms with van der Waals surface area (Å²) in [6.07, 6.45) is 0. The van der Waals surface area contributed by atoms with Crippen molar-refractivity contribution in [3.8, 4) is 17.2 Å². The first kappa shape index (κ1) is 28.4. The van der Waals surface area contributed by atoms with E-state index in [4.69, 9.17) is 4.74 Å². The Morgan fingerprint density at radius 2 is 1.44 bits per heavy atom. The normalized spacial score (nSPS) is 17.9. The predicted octanol–water partition coefficient (Wildman–Crippen LogP) is 7.37. The van der Waals surface area contributed by atoms with Crippen LogP contribution >= 0.6 is 0 Å². The van der Waals surface area contributed by atoms with Crippen molar-refractivity contribution in [2.24, 2.45) is 4.40 Å². The van der Waals surface area contributed by atoms with Crippen LogP contribution in [0.25, 0.3) is 0 Å². The van der Waals surface area contributed by atoms with Gasteiger partial charge < -0.3 is 9.64 Å². The van der Waals surface area contributed by atoms with Crippen LogP contribution in [0.15, 0.2) is 112 Å². The molecule has 0 bridgehead atoms. The van der Waals surface area contributed by atoms with Crippen LogP contribution in [0.3, 0.4) is 0 Å². The zero-order chi connectivity index (χ0) is 29.2. The summed E-state index contributed by atoms with van der Waals surface area (Å²) in [5, 5.41) is 0. The van der Waals surface area contributed by atoms with E-state index in [9.17, 15) is 8.42 Å². The van der Waals surface area contributed by atoms with Crippen LogP contribution < -0.4 is 9.64 Å². The number of methoxy groups -OCH3 is 1. The average Bonchev–Trinajstić information content (AvgIpc) is 2.95. The van der Waals surface area contributed by atoms with Gasteiger partial charge in [0.15, 0.2) is 0 Å². The Bertz CT molecular complexity index is 1720. The number of hydrogen-bond acceptors (Lipinski definition) is 3. The quantitative estimate of drug-likeness (QED) is 0.177. The average molecular weight is 579 g/mol. The molecule has 0 N–H and O–H groups in total. The second kappa shape index (κ2) is 11.4. The number of nitrogens with zero attached hydrogens (tertiary/aromatic N) is 2. The molecule has 1 fully saturated rings. The highest BCUT2D eigenvalue weighted by atomic mass is 32.2. The summed E-state index contributed by atoms with van der Waals surface area (Å²) in [7, 11) is -3.84. The highest BCUT2D eigenvalue weighted by Crippen LogP contribution is 2.50. The SMILES string of the molecule is COc1ccc(N2/C(=N\S(=O)(=O)c3ccc(C)cc3)[C@H](c3ccccc3)[C@H]2c2ccc(C#C[Si](C)(C)C)cc2)cc1. The number of sulfonamides is 1. The van der Waals surface area contributed by atoms with Crippen molar-refractivity contribution < 1.29 is 13.2 Å². The molecule has 1 heterocycles. The molecule has 5 nitrogen and oxygen atoms in total. The van der Waals surface area contributed by atoms with Crippen molar-refractivity contribution >= 4 is 29.6 Å². The third-order valence-corrected chi connectivity index (χ3v) is 9.17. The third kappa shape index (κ3) is 6.29. The lowest BCUT2D eigenvalue weighted by molar-refractivity contribution is 0.414. The molecule has 0 spiro atoms. The van der Waals surface area contributed by atoms with Crippen molar-refractivity contribution in [3.63, 3.8) is 0 Å². The monoisotopic (exact) mass is 578 g/mol. The second-order valence-electron chi connectivity index (χ2n) is 11.3.